The van der Waals surface area contributed by atoms with Gasteiger partial charge in [0.15, 0.2) is 10.7 Å². The van der Waals surface area contributed by atoms with Crippen LogP contribution in [0.15, 0.2) is 39.8 Å². The van der Waals surface area contributed by atoms with Gasteiger partial charge in [-0.25, -0.2) is 8.42 Å². The minimum absolute atomic E-state index is 0.0728. The Morgan fingerprint density at radius 1 is 1.03 bits per heavy atom. The van der Waals surface area contributed by atoms with Crippen LogP contribution in [-0.4, -0.2) is 36.9 Å². The molecule has 1 aliphatic rings. The van der Waals surface area contributed by atoms with Crippen molar-refractivity contribution in [3.8, 4) is 0 Å². The van der Waals surface area contributed by atoms with Crippen molar-refractivity contribution in [2.45, 2.75) is 52.4 Å². The van der Waals surface area contributed by atoms with Crippen LogP contribution in [0.3, 0.4) is 0 Å². The molecule has 1 amide bonds. The molecule has 1 N–H and O–H groups in total. The van der Waals surface area contributed by atoms with Gasteiger partial charge in [-0.1, -0.05) is 46.6 Å². The topological polar surface area (TPSA) is 92.5 Å². The first-order valence-corrected chi connectivity index (χ1v) is 14.1. The molecule has 0 bridgehead atoms. The molecule has 9 heteroatoms. The van der Waals surface area contributed by atoms with E-state index in [1.54, 1.807) is 25.1 Å². The van der Waals surface area contributed by atoms with Crippen molar-refractivity contribution >= 4 is 45.4 Å². The molecule has 4 rings (SSSR count). The number of aryl methyl sites for hydroxylation is 5. The van der Waals surface area contributed by atoms with Crippen molar-refractivity contribution in [3.05, 3.63) is 74.6 Å². The first-order chi connectivity index (χ1) is 17.5. The van der Waals surface area contributed by atoms with Gasteiger partial charge in [0.2, 0.25) is 15.9 Å². The summed E-state index contributed by atoms with van der Waals surface area (Å²) >= 11 is 6.07. The number of sulfonamides is 1. The average molecular weight is 542 g/mol. The molecule has 0 atom stereocenters. The Balaban J connectivity index is 1.49. The van der Waals surface area contributed by atoms with Crippen LogP contribution in [-0.2, 0) is 14.8 Å². The van der Waals surface area contributed by atoms with Crippen LogP contribution >= 0.6 is 11.6 Å². The predicted octanol–water partition coefficient (Wildman–Crippen LogP) is 6.08. The summed E-state index contributed by atoms with van der Waals surface area (Å²) in [7, 11) is -3.86. The van der Waals surface area contributed by atoms with E-state index in [0.717, 1.165) is 22.3 Å². The van der Waals surface area contributed by atoms with Gasteiger partial charge in [0.25, 0.3) is 0 Å². The van der Waals surface area contributed by atoms with Gasteiger partial charge in [-0.3, -0.25) is 4.79 Å². The fourth-order valence-electron chi connectivity index (χ4n) is 4.86. The Labute approximate surface area is 223 Å². The highest BCUT2D eigenvalue weighted by Crippen LogP contribution is 2.30. The van der Waals surface area contributed by atoms with Crippen LogP contribution in [0.2, 0.25) is 5.02 Å². The summed E-state index contributed by atoms with van der Waals surface area (Å²) in [6.45, 7) is 10.1. The zero-order valence-corrected chi connectivity index (χ0v) is 23.3. The number of hydrogen-bond acceptors (Lipinski definition) is 5. The number of carbonyl (C=O) groups excluding carboxylic acids is 1. The highest BCUT2D eigenvalue weighted by molar-refractivity contribution is 7.89. The third-order valence-electron chi connectivity index (χ3n) is 6.85. The van der Waals surface area contributed by atoms with Gasteiger partial charge in [-0.15, -0.1) is 0 Å². The van der Waals surface area contributed by atoms with E-state index in [-0.39, 0.29) is 35.6 Å². The summed E-state index contributed by atoms with van der Waals surface area (Å²) in [5.74, 6) is -0.218. The monoisotopic (exact) mass is 541 g/mol. The van der Waals surface area contributed by atoms with E-state index in [1.165, 1.54) is 9.87 Å². The molecule has 0 spiro atoms. The summed E-state index contributed by atoms with van der Waals surface area (Å²) in [4.78, 5) is 12.9. The zero-order valence-electron chi connectivity index (χ0n) is 21.8. The number of rotatable bonds is 6. The number of amides is 1. The number of anilines is 1. The molecular formula is C28H32ClN3O4S. The Bertz CT molecular complexity index is 1450. The zero-order chi connectivity index (χ0) is 26.9. The highest BCUT2D eigenvalue weighted by Gasteiger charge is 2.36. The predicted molar refractivity (Wildman–Crippen MR) is 147 cm³/mol. The highest BCUT2D eigenvalue weighted by atomic mass is 35.5. The van der Waals surface area contributed by atoms with Crippen molar-refractivity contribution in [2.75, 3.05) is 18.4 Å². The van der Waals surface area contributed by atoms with Crippen molar-refractivity contribution in [2.24, 2.45) is 5.92 Å². The number of benzene rings is 2. The maximum atomic E-state index is 13.6. The van der Waals surface area contributed by atoms with E-state index < -0.39 is 10.0 Å². The second-order valence-electron chi connectivity index (χ2n) is 9.73. The summed E-state index contributed by atoms with van der Waals surface area (Å²) in [6, 6.07) is 9.52. The fourth-order valence-corrected chi connectivity index (χ4v) is 6.75. The number of nitrogens with zero attached hydrogens (tertiary/aromatic N) is 2. The molecule has 3 aromatic rings. The van der Waals surface area contributed by atoms with Crippen LogP contribution in [0, 0.1) is 40.5 Å². The minimum atomic E-state index is -3.86. The summed E-state index contributed by atoms with van der Waals surface area (Å²) in [6.07, 6.45) is 4.38. The lowest BCUT2D eigenvalue weighted by Gasteiger charge is -2.30. The maximum absolute atomic E-state index is 13.6. The Morgan fingerprint density at radius 2 is 1.68 bits per heavy atom. The van der Waals surface area contributed by atoms with E-state index in [4.69, 9.17) is 16.1 Å². The lowest BCUT2D eigenvalue weighted by atomic mass is 9.97. The number of nitrogens with one attached hydrogen (secondary N) is 1. The van der Waals surface area contributed by atoms with Gasteiger partial charge >= 0.3 is 0 Å². The smallest absolute Gasteiger partial charge is 0.248 e. The molecule has 1 aliphatic heterocycles. The summed E-state index contributed by atoms with van der Waals surface area (Å²) in [5, 5.41) is 7.43. The van der Waals surface area contributed by atoms with Crippen LogP contribution in [0.1, 0.15) is 52.1 Å². The van der Waals surface area contributed by atoms with E-state index in [2.05, 4.69) is 22.6 Å². The quantitative estimate of drug-likeness (QED) is 0.408. The van der Waals surface area contributed by atoms with Crippen LogP contribution in [0.4, 0.5) is 5.69 Å². The largest absolute Gasteiger partial charge is 0.355 e. The normalized spacial score (nSPS) is 15.4. The Kier molecular flexibility index (Phi) is 7.92. The Hall–Kier alpha value is -2.94. The van der Waals surface area contributed by atoms with Crippen molar-refractivity contribution in [1.29, 1.82) is 0 Å². The van der Waals surface area contributed by atoms with Crippen molar-refractivity contribution < 1.29 is 17.7 Å². The van der Waals surface area contributed by atoms with Crippen LogP contribution in [0.5, 0.6) is 0 Å². The van der Waals surface area contributed by atoms with E-state index in [9.17, 15) is 13.2 Å². The first-order valence-electron chi connectivity index (χ1n) is 12.3. The number of carbonyl (C=O) groups is 1. The molecule has 2 aromatic carbocycles. The van der Waals surface area contributed by atoms with E-state index >= 15 is 0 Å². The van der Waals surface area contributed by atoms with Gasteiger partial charge in [-0.2, -0.15) is 4.31 Å². The molecular weight excluding hydrogens is 510 g/mol. The number of piperidine rings is 1. The molecule has 0 saturated carbocycles. The number of aromatic nitrogens is 1. The first kappa shape index (κ1) is 27.1. The van der Waals surface area contributed by atoms with Crippen LogP contribution in [0.25, 0.3) is 12.2 Å². The second-order valence-corrected chi connectivity index (χ2v) is 12.0. The molecule has 2 heterocycles. The van der Waals surface area contributed by atoms with Crippen LogP contribution < -0.4 is 5.32 Å². The lowest BCUT2D eigenvalue weighted by Crippen LogP contribution is -2.41. The van der Waals surface area contributed by atoms with E-state index in [0.29, 0.717) is 29.2 Å². The summed E-state index contributed by atoms with van der Waals surface area (Å²) in [5.41, 5.74) is 6.29. The number of hydrogen-bond donors (Lipinski definition) is 1. The lowest BCUT2D eigenvalue weighted by molar-refractivity contribution is -0.120. The van der Waals surface area contributed by atoms with Gasteiger partial charge in [0.05, 0.1) is 0 Å². The SMILES string of the molecule is Cc1cc(C)c(/C=C/c2onc(C)c2S(=O)(=O)N2CCC(C(=O)Nc3cc(Cl)ccc3C)CC2)c(C)c1. The molecule has 0 radical (unpaired) electrons. The molecule has 1 aromatic heterocycles. The molecule has 1 saturated heterocycles. The fraction of sp³-hybridized carbons (Fsp3) is 0.357. The average Bonchev–Trinajstić information content (AvgIpc) is 3.21. The van der Waals surface area contributed by atoms with Gasteiger partial charge in [0.1, 0.15) is 5.69 Å². The summed E-state index contributed by atoms with van der Waals surface area (Å²) < 4.78 is 34.1. The number of halogens is 1. The Morgan fingerprint density at radius 3 is 2.32 bits per heavy atom. The minimum Gasteiger partial charge on any atom is -0.355 e. The molecule has 0 aliphatic carbocycles. The third-order valence-corrected chi connectivity index (χ3v) is 9.15. The maximum Gasteiger partial charge on any atom is 0.248 e. The molecule has 37 heavy (non-hydrogen) atoms. The van der Waals surface area contributed by atoms with Gasteiger partial charge in [0, 0.05) is 29.7 Å². The van der Waals surface area contributed by atoms with Gasteiger partial charge < -0.3 is 9.84 Å². The molecule has 1 fully saturated rings. The molecule has 7 nitrogen and oxygen atoms in total. The second kappa shape index (κ2) is 10.8. The standard InChI is InChI=1S/C28H32ClN3O4S/c1-17-14-19(3)24(20(4)15-17)8-9-26-27(21(5)31-36-26)37(34,35)32-12-10-22(11-13-32)28(33)30-25-16-23(29)7-6-18(25)2/h6-9,14-16,22H,10-13H2,1-5H3,(H,30,33)/b9-8+. The van der Waals surface area contributed by atoms with Gasteiger partial charge in [-0.05, 0) is 87.9 Å². The molecule has 0 unspecified atom stereocenters. The van der Waals surface area contributed by atoms with E-state index in [1.807, 2.05) is 39.8 Å². The van der Waals surface area contributed by atoms with Crippen molar-refractivity contribution in [1.82, 2.24) is 9.46 Å². The van der Waals surface area contributed by atoms with Crippen molar-refractivity contribution in [3.63, 3.8) is 0 Å². The molecule has 196 valence electrons. The third kappa shape index (κ3) is 5.81.